The average Bonchev–Trinajstić information content (AvgIpc) is 3.01. The van der Waals surface area contributed by atoms with Crippen LogP contribution in [0.15, 0.2) is 9.88 Å². The molecule has 0 N–H and O–H groups in total. The first-order valence-electron chi connectivity index (χ1n) is 6.51. The van der Waals surface area contributed by atoms with Gasteiger partial charge in [0.1, 0.15) is 0 Å². The van der Waals surface area contributed by atoms with Crippen molar-refractivity contribution in [3.8, 4) is 0 Å². The third-order valence-electron chi connectivity index (χ3n) is 4.31. The number of hydrogen-bond donors (Lipinski definition) is 0. The van der Waals surface area contributed by atoms with Gasteiger partial charge in [-0.1, -0.05) is 0 Å². The van der Waals surface area contributed by atoms with Crippen LogP contribution in [0.4, 0.5) is 0 Å². The summed E-state index contributed by atoms with van der Waals surface area (Å²) >= 11 is 0.704. The molecule has 3 rings (SSSR count). The predicted octanol–water partition coefficient (Wildman–Crippen LogP) is 4.06. The molecule has 0 nitrogen and oxygen atoms in total. The minimum absolute atomic E-state index is 0.704. The molecule has 0 spiro atoms. The maximum atomic E-state index is 2.59. The van der Waals surface area contributed by atoms with Crippen LogP contribution >= 0.6 is 0 Å². The molecule has 0 aromatic carbocycles. The molecule has 0 saturated heterocycles. The molecule has 0 amide bonds. The Kier molecular flexibility index (Phi) is 3.03. The molecule has 1 aromatic rings. The van der Waals surface area contributed by atoms with Gasteiger partial charge < -0.3 is 0 Å². The summed E-state index contributed by atoms with van der Waals surface area (Å²) in [6, 6.07) is 0. The zero-order valence-electron chi connectivity index (χ0n) is 9.37. The molecule has 2 aliphatic rings. The quantitative estimate of drug-likeness (QED) is 0.709. The number of hydrogen-bond acceptors (Lipinski definition) is 0. The molecule has 2 aliphatic carbocycles. The van der Waals surface area contributed by atoms with E-state index in [0.29, 0.717) is 14.5 Å². The van der Waals surface area contributed by atoms with Crippen LogP contribution in [0.2, 0.25) is 0 Å². The fourth-order valence-corrected chi connectivity index (χ4v) is 5.59. The van der Waals surface area contributed by atoms with E-state index in [-0.39, 0.29) is 0 Å². The van der Waals surface area contributed by atoms with Gasteiger partial charge in [0, 0.05) is 0 Å². The van der Waals surface area contributed by atoms with Gasteiger partial charge in [0.25, 0.3) is 0 Å². The van der Waals surface area contributed by atoms with Gasteiger partial charge in [-0.2, -0.15) is 0 Å². The van der Waals surface area contributed by atoms with Crippen LogP contribution in [0.3, 0.4) is 0 Å². The van der Waals surface area contributed by atoms with Crippen LogP contribution in [0, 0.1) is 0 Å². The monoisotopic (exact) mass is 268 g/mol. The summed E-state index contributed by atoms with van der Waals surface area (Å²) in [6.07, 6.45) is 11.8. The summed E-state index contributed by atoms with van der Waals surface area (Å²) in [7, 11) is 0. The SMILES string of the molecule is c1[se]cc(C2CCCC2)c1C1CCCC1. The van der Waals surface area contributed by atoms with Crippen LogP contribution in [0.25, 0.3) is 0 Å². The van der Waals surface area contributed by atoms with Gasteiger partial charge >= 0.3 is 98.7 Å². The Balaban J connectivity index is 1.84. The van der Waals surface area contributed by atoms with Crippen molar-refractivity contribution in [2.45, 2.75) is 63.2 Å². The minimum atomic E-state index is 0.704. The Hall–Kier alpha value is -0.000519. The molecule has 1 heteroatoms. The Morgan fingerprint density at radius 2 is 1.13 bits per heavy atom. The first-order valence-corrected chi connectivity index (χ1v) is 8.49. The summed E-state index contributed by atoms with van der Waals surface area (Å²) in [4.78, 5) is 5.19. The van der Waals surface area contributed by atoms with E-state index in [9.17, 15) is 0 Å². The van der Waals surface area contributed by atoms with Crippen LogP contribution in [0.1, 0.15) is 74.3 Å². The molecule has 15 heavy (non-hydrogen) atoms. The van der Waals surface area contributed by atoms with E-state index in [4.69, 9.17) is 0 Å². The van der Waals surface area contributed by atoms with Crippen molar-refractivity contribution in [2.75, 3.05) is 0 Å². The Labute approximate surface area is 98.8 Å². The van der Waals surface area contributed by atoms with Gasteiger partial charge in [-0.15, -0.1) is 0 Å². The van der Waals surface area contributed by atoms with E-state index < -0.39 is 0 Å². The molecule has 0 bridgehead atoms. The molecule has 0 unspecified atom stereocenters. The van der Waals surface area contributed by atoms with Crippen LogP contribution in [-0.4, -0.2) is 14.5 Å². The number of rotatable bonds is 2. The fraction of sp³-hybridized carbons (Fsp3) is 0.714. The second kappa shape index (κ2) is 4.47. The van der Waals surface area contributed by atoms with Crippen LogP contribution < -0.4 is 0 Å². The Morgan fingerprint density at radius 1 is 0.733 bits per heavy atom. The van der Waals surface area contributed by atoms with Crippen LogP contribution in [0.5, 0.6) is 0 Å². The van der Waals surface area contributed by atoms with Crippen molar-refractivity contribution in [3.63, 3.8) is 0 Å². The topological polar surface area (TPSA) is 0 Å². The summed E-state index contributed by atoms with van der Waals surface area (Å²) in [5.41, 5.74) is 3.61. The van der Waals surface area contributed by atoms with E-state index >= 15 is 0 Å². The third-order valence-corrected chi connectivity index (χ3v) is 5.95. The van der Waals surface area contributed by atoms with Crippen molar-refractivity contribution >= 4 is 14.5 Å². The van der Waals surface area contributed by atoms with E-state index in [1.54, 1.807) is 11.1 Å². The fourth-order valence-electron chi connectivity index (χ4n) is 3.45. The van der Waals surface area contributed by atoms with E-state index in [1.807, 2.05) is 0 Å². The third kappa shape index (κ3) is 1.97. The molecule has 1 heterocycles. The van der Waals surface area contributed by atoms with Crippen LogP contribution in [-0.2, 0) is 0 Å². The molecular formula is C14H20Se. The molecule has 1 aromatic heterocycles. The molecule has 2 saturated carbocycles. The van der Waals surface area contributed by atoms with Gasteiger partial charge in [0.2, 0.25) is 0 Å². The maximum absolute atomic E-state index is 2.59. The normalized spacial score (nSPS) is 24.0. The first-order chi connectivity index (χ1) is 7.45. The molecule has 0 atom stereocenters. The summed E-state index contributed by atoms with van der Waals surface area (Å²) in [5, 5.41) is 0. The standard InChI is InChI=1S/C14H20Se/c1-2-6-11(5-1)13-9-15-10-14(13)12-7-3-4-8-12/h9-12H,1-8H2. The van der Waals surface area contributed by atoms with Crippen molar-refractivity contribution in [2.24, 2.45) is 0 Å². The summed E-state index contributed by atoms with van der Waals surface area (Å²) < 4.78 is 0. The summed E-state index contributed by atoms with van der Waals surface area (Å²) in [5.74, 6) is 1.92. The van der Waals surface area contributed by atoms with Gasteiger partial charge in [-0.3, -0.25) is 0 Å². The first kappa shape index (κ1) is 10.2. The predicted molar refractivity (Wildman–Crippen MR) is 65.8 cm³/mol. The Bertz CT molecular complexity index is 283. The zero-order valence-corrected chi connectivity index (χ0v) is 11.1. The van der Waals surface area contributed by atoms with Crippen molar-refractivity contribution in [3.05, 3.63) is 21.0 Å². The van der Waals surface area contributed by atoms with E-state index in [2.05, 4.69) is 9.88 Å². The molecular weight excluding hydrogens is 247 g/mol. The van der Waals surface area contributed by atoms with E-state index in [1.165, 1.54) is 51.4 Å². The molecule has 82 valence electrons. The van der Waals surface area contributed by atoms with Gasteiger partial charge in [0.15, 0.2) is 0 Å². The second-order valence-electron chi connectivity index (χ2n) is 5.25. The van der Waals surface area contributed by atoms with Crippen molar-refractivity contribution in [1.29, 1.82) is 0 Å². The second-order valence-corrected chi connectivity index (χ2v) is 6.81. The summed E-state index contributed by atoms with van der Waals surface area (Å²) in [6.45, 7) is 0. The average molecular weight is 267 g/mol. The Morgan fingerprint density at radius 3 is 1.53 bits per heavy atom. The van der Waals surface area contributed by atoms with E-state index in [0.717, 1.165) is 11.8 Å². The molecule has 0 radical (unpaired) electrons. The molecule has 2 fully saturated rings. The van der Waals surface area contributed by atoms with Gasteiger partial charge in [0.05, 0.1) is 0 Å². The zero-order chi connectivity index (χ0) is 10.1. The van der Waals surface area contributed by atoms with Crippen molar-refractivity contribution < 1.29 is 0 Å². The van der Waals surface area contributed by atoms with Gasteiger partial charge in [-0.05, 0) is 0 Å². The molecule has 0 aliphatic heterocycles. The van der Waals surface area contributed by atoms with Crippen molar-refractivity contribution in [1.82, 2.24) is 0 Å². The van der Waals surface area contributed by atoms with Gasteiger partial charge in [-0.25, -0.2) is 0 Å².